The van der Waals surface area contributed by atoms with Crippen LogP contribution in [0.2, 0.25) is 0 Å². The van der Waals surface area contributed by atoms with Crippen LogP contribution in [0.15, 0.2) is 29.3 Å². The molecule has 1 aromatic carbocycles. The third kappa shape index (κ3) is 8.44. The molecule has 0 spiro atoms. The van der Waals surface area contributed by atoms with Gasteiger partial charge in [0, 0.05) is 45.8 Å². The zero-order valence-corrected chi connectivity index (χ0v) is 18.6. The van der Waals surface area contributed by atoms with Gasteiger partial charge in [-0.05, 0) is 61.8 Å². The first-order chi connectivity index (χ1) is 14.0. The normalized spacial score (nSPS) is 20.3. The van der Waals surface area contributed by atoms with E-state index in [1.807, 2.05) is 24.3 Å². The Morgan fingerprint density at radius 3 is 2.55 bits per heavy atom. The standard InChI is InChI=1S/C23H39N5O/c1-18-14-19(2)17-28(16-18)13-6-5-11-26-23(25-4)27-12-10-20-8-7-9-21(15-20)22(29)24-3/h7-9,15,18-19H,5-6,10-14,16-17H2,1-4H3,(H,24,29)(H2,25,26,27). The van der Waals surface area contributed by atoms with E-state index < -0.39 is 0 Å². The molecular weight excluding hydrogens is 362 g/mol. The summed E-state index contributed by atoms with van der Waals surface area (Å²) >= 11 is 0. The first-order valence-corrected chi connectivity index (χ1v) is 11.0. The van der Waals surface area contributed by atoms with Gasteiger partial charge in [0.1, 0.15) is 0 Å². The van der Waals surface area contributed by atoms with Gasteiger partial charge in [0.2, 0.25) is 0 Å². The molecule has 1 aliphatic heterocycles. The van der Waals surface area contributed by atoms with Crippen molar-refractivity contribution in [3.8, 4) is 0 Å². The Morgan fingerprint density at radius 1 is 1.14 bits per heavy atom. The van der Waals surface area contributed by atoms with E-state index in [4.69, 9.17) is 0 Å². The van der Waals surface area contributed by atoms with Crippen molar-refractivity contribution in [3.05, 3.63) is 35.4 Å². The predicted molar refractivity (Wildman–Crippen MR) is 122 cm³/mol. The lowest BCUT2D eigenvalue weighted by Gasteiger charge is -2.34. The molecule has 0 saturated carbocycles. The number of guanidine groups is 1. The summed E-state index contributed by atoms with van der Waals surface area (Å²) in [4.78, 5) is 18.7. The highest BCUT2D eigenvalue weighted by molar-refractivity contribution is 5.94. The summed E-state index contributed by atoms with van der Waals surface area (Å²) in [6, 6.07) is 7.75. The number of nitrogens with one attached hydrogen (secondary N) is 3. The van der Waals surface area contributed by atoms with Crippen molar-refractivity contribution in [2.24, 2.45) is 16.8 Å². The number of amides is 1. The number of benzene rings is 1. The molecule has 2 unspecified atom stereocenters. The van der Waals surface area contributed by atoms with Gasteiger partial charge in [-0.25, -0.2) is 0 Å². The van der Waals surface area contributed by atoms with E-state index in [0.29, 0.717) is 5.56 Å². The van der Waals surface area contributed by atoms with Gasteiger partial charge in [-0.1, -0.05) is 26.0 Å². The van der Waals surface area contributed by atoms with Crippen LogP contribution in [0.4, 0.5) is 0 Å². The molecule has 0 aromatic heterocycles. The predicted octanol–water partition coefficient (Wildman–Crippen LogP) is 2.51. The lowest BCUT2D eigenvalue weighted by Crippen LogP contribution is -2.40. The molecule has 6 heteroatoms. The number of carbonyl (C=O) groups is 1. The van der Waals surface area contributed by atoms with Gasteiger partial charge in [-0.15, -0.1) is 0 Å². The van der Waals surface area contributed by atoms with Crippen molar-refractivity contribution in [1.29, 1.82) is 0 Å². The fraction of sp³-hybridized carbons (Fsp3) is 0.652. The second kappa shape index (κ2) is 12.5. The molecule has 1 saturated heterocycles. The zero-order chi connectivity index (χ0) is 21.1. The Hall–Kier alpha value is -2.08. The first-order valence-electron chi connectivity index (χ1n) is 11.0. The molecule has 1 fully saturated rings. The van der Waals surface area contributed by atoms with Crippen molar-refractivity contribution in [3.63, 3.8) is 0 Å². The van der Waals surface area contributed by atoms with Crippen LogP contribution < -0.4 is 16.0 Å². The quantitative estimate of drug-likeness (QED) is 0.338. The maximum absolute atomic E-state index is 11.7. The minimum atomic E-state index is -0.0502. The monoisotopic (exact) mass is 401 g/mol. The summed E-state index contributed by atoms with van der Waals surface area (Å²) in [5, 5.41) is 9.43. The van der Waals surface area contributed by atoms with E-state index >= 15 is 0 Å². The minimum Gasteiger partial charge on any atom is -0.356 e. The summed E-state index contributed by atoms with van der Waals surface area (Å²) in [5.74, 6) is 2.45. The fourth-order valence-electron chi connectivity index (χ4n) is 4.20. The van der Waals surface area contributed by atoms with Crippen LogP contribution in [-0.2, 0) is 6.42 Å². The van der Waals surface area contributed by atoms with Gasteiger partial charge in [-0.3, -0.25) is 9.79 Å². The topological polar surface area (TPSA) is 68.8 Å². The first kappa shape index (κ1) is 23.2. The molecule has 0 radical (unpaired) electrons. The summed E-state index contributed by atoms with van der Waals surface area (Å²) in [5.41, 5.74) is 1.84. The fourth-order valence-corrected chi connectivity index (χ4v) is 4.20. The smallest absolute Gasteiger partial charge is 0.251 e. The molecule has 2 atom stereocenters. The summed E-state index contributed by atoms with van der Waals surface area (Å²) in [6.45, 7) is 10.2. The molecule has 162 valence electrons. The third-order valence-corrected chi connectivity index (χ3v) is 5.48. The molecule has 1 amide bonds. The minimum absolute atomic E-state index is 0.0502. The highest BCUT2D eigenvalue weighted by Crippen LogP contribution is 2.20. The lowest BCUT2D eigenvalue weighted by molar-refractivity contribution is 0.0963. The average molecular weight is 402 g/mol. The number of piperidine rings is 1. The summed E-state index contributed by atoms with van der Waals surface area (Å²) in [7, 11) is 3.46. The number of carbonyl (C=O) groups excluding carboxylic acids is 1. The van der Waals surface area contributed by atoms with Crippen molar-refractivity contribution >= 4 is 11.9 Å². The molecule has 6 nitrogen and oxygen atoms in total. The van der Waals surface area contributed by atoms with Crippen LogP contribution in [0.3, 0.4) is 0 Å². The van der Waals surface area contributed by atoms with Crippen molar-refractivity contribution < 1.29 is 4.79 Å². The van der Waals surface area contributed by atoms with E-state index in [9.17, 15) is 4.79 Å². The van der Waals surface area contributed by atoms with Crippen LogP contribution >= 0.6 is 0 Å². The molecule has 0 aliphatic carbocycles. The summed E-state index contributed by atoms with van der Waals surface area (Å²) in [6.07, 6.45) is 4.58. The van der Waals surface area contributed by atoms with Gasteiger partial charge in [0.15, 0.2) is 5.96 Å². The number of hydrogen-bond donors (Lipinski definition) is 3. The Morgan fingerprint density at radius 2 is 1.86 bits per heavy atom. The maximum Gasteiger partial charge on any atom is 0.251 e. The Kier molecular flexibility index (Phi) is 9.98. The molecule has 1 heterocycles. The zero-order valence-electron chi connectivity index (χ0n) is 18.6. The van der Waals surface area contributed by atoms with Crippen molar-refractivity contribution in [2.45, 2.75) is 39.5 Å². The molecule has 3 N–H and O–H groups in total. The Bertz CT molecular complexity index is 650. The number of likely N-dealkylation sites (tertiary alicyclic amines) is 1. The lowest BCUT2D eigenvalue weighted by atomic mass is 9.92. The van der Waals surface area contributed by atoms with Gasteiger partial charge >= 0.3 is 0 Å². The van der Waals surface area contributed by atoms with Crippen LogP contribution in [0.1, 0.15) is 49.0 Å². The number of hydrogen-bond acceptors (Lipinski definition) is 3. The van der Waals surface area contributed by atoms with E-state index in [2.05, 4.69) is 39.7 Å². The van der Waals surface area contributed by atoms with Gasteiger partial charge in [0.05, 0.1) is 0 Å². The van der Waals surface area contributed by atoms with E-state index in [1.54, 1.807) is 14.1 Å². The average Bonchev–Trinajstić information content (AvgIpc) is 2.71. The van der Waals surface area contributed by atoms with E-state index in [-0.39, 0.29) is 5.91 Å². The Balaban J connectivity index is 1.61. The van der Waals surface area contributed by atoms with Crippen molar-refractivity contribution in [1.82, 2.24) is 20.9 Å². The van der Waals surface area contributed by atoms with E-state index in [1.165, 1.54) is 32.5 Å². The van der Waals surface area contributed by atoms with E-state index in [0.717, 1.165) is 49.3 Å². The Labute approximate surface area is 176 Å². The SMILES string of the molecule is CN=C(NCCCCN1CC(C)CC(C)C1)NCCc1cccc(C(=O)NC)c1. The molecular formula is C23H39N5O. The summed E-state index contributed by atoms with van der Waals surface area (Å²) < 4.78 is 0. The van der Waals surface area contributed by atoms with Gasteiger partial charge in [0.25, 0.3) is 5.91 Å². The maximum atomic E-state index is 11.7. The van der Waals surface area contributed by atoms with Crippen molar-refractivity contribution in [2.75, 3.05) is 46.8 Å². The number of aliphatic imine (C=N–C) groups is 1. The third-order valence-electron chi connectivity index (χ3n) is 5.48. The highest BCUT2D eigenvalue weighted by atomic mass is 16.1. The highest BCUT2D eigenvalue weighted by Gasteiger charge is 2.20. The number of rotatable bonds is 9. The number of unbranched alkanes of at least 4 members (excludes halogenated alkanes) is 1. The van der Waals surface area contributed by atoms with Crippen LogP contribution in [0, 0.1) is 11.8 Å². The van der Waals surface area contributed by atoms with Gasteiger partial charge in [-0.2, -0.15) is 0 Å². The molecule has 2 rings (SSSR count). The van der Waals surface area contributed by atoms with Gasteiger partial charge < -0.3 is 20.9 Å². The molecule has 1 aliphatic rings. The van der Waals surface area contributed by atoms with Crippen LogP contribution in [0.5, 0.6) is 0 Å². The largest absolute Gasteiger partial charge is 0.356 e. The second-order valence-corrected chi connectivity index (χ2v) is 8.37. The van der Waals surface area contributed by atoms with Crippen LogP contribution in [0.25, 0.3) is 0 Å². The van der Waals surface area contributed by atoms with Crippen LogP contribution in [-0.4, -0.2) is 63.6 Å². The molecule has 29 heavy (non-hydrogen) atoms. The number of nitrogens with zero attached hydrogens (tertiary/aromatic N) is 2. The molecule has 0 bridgehead atoms. The second-order valence-electron chi connectivity index (χ2n) is 8.37. The molecule has 1 aromatic rings.